The molecule has 2 aromatic rings. The molecule has 0 heterocycles. The maximum atomic E-state index is 11.9. The third-order valence-corrected chi connectivity index (χ3v) is 4.62. The lowest BCUT2D eigenvalue weighted by atomic mass is 9.80. The van der Waals surface area contributed by atoms with E-state index in [1.807, 2.05) is 42.5 Å². The van der Waals surface area contributed by atoms with Crippen LogP contribution in [0.3, 0.4) is 0 Å². The second kappa shape index (κ2) is 7.49. The Labute approximate surface area is 142 Å². The van der Waals surface area contributed by atoms with Crippen LogP contribution in [0.1, 0.15) is 23.1 Å². The van der Waals surface area contributed by atoms with Crippen molar-refractivity contribution in [2.24, 2.45) is 0 Å². The molecule has 0 radical (unpaired) electrons. The first-order chi connectivity index (χ1) is 11.6. The number of aryl methyl sites for hydroxylation is 1. The van der Waals surface area contributed by atoms with Crippen molar-refractivity contribution < 1.29 is 9.90 Å². The fourth-order valence-electron chi connectivity index (χ4n) is 3.21. The van der Waals surface area contributed by atoms with Gasteiger partial charge in [-0.3, -0.25) is 0 Å². The van der Waals surface area contributed by atoms with Crippen LogP contribution in [0.2, 0.25) is 0 Å². The predicted octanol–water partition coefficient (Wildman–Crippen LogP) is 2.45. The highest BCUT2D eigenvalue weighted by molar-refractivity contribution is 5.73. The Bertz CT molecular complexity index is 687. The van der Waals surface area contributed by atoms with Gasteiger partial charge in [0.1, 0.15) is 0 Å². The molecular weight excluding hydrogens is 300 g/mol. The van der Waals surface area contributed by atoms with E-state index in [1.54, 1.807) is 0 Å². The standard InChI is InChI=1S/C20H24N2O2/c23-19(21-13-11-16-6-2-1-3-7-16)22-15-20(24)12-10-17-8-4-5-9-18(17)14-20/h1-9,24H,10-15H2,(H2,21,22,23)/t20-/m0/s1. The molecule has 0 unspecified atom stereocenters. The number of urea groups is 1. The van der Waals surface area contributed by atoms with Gasteiger partial charge in [0.15, 0.2) is 0 Å². The number of aliphatic hydroxyl groups is 1. The summed E-state index contributed by atoms with van der Waals surface area (Å²) in [6.45, 7) is 0.857. The monoisotopic (exact) mass is 324 g/mol. The average molecular weight is 324 g/mol. The van der Waals surface area contributed by atoms with Crippen molar-refractivity contribution in [3.05, 3.63) is 71.3 Å². The SMILES string of the molecule is O=C(NCCc1ccccc1)NC[C@]1(O)CCc2ccccc2C1. The molecule has 0 saturated heterocycles. The summed E-state index contributed by atoms with van der Waals surface area (Å²) in [7, 11) is 0. The molecule has 126 valence electrons. The fourth-order valence-corrected chi connectivity index (χ4v) is 3.21. The summed E-state index contributed by atoms with van der Waals surface area (Å²) in [5, 5.41) is 16.4. The molecule has 0 saturated carbocycles. The van der Waals surface area contributed by atoms with Crippen molar-refractivity contribution in [1.29, 1.82) is 0 Å². The van der Waals surface area contributed by atoms with Crippen LogP contribution in [0.4, 0.5) is 4.79 Å². The maximum absolute atomic E-state index is 11.9. The summed E-state index contributed by atoms with van der Waals surface area (Å²) >= 11 is 0. The normalized spacial score (nSPS) is 19.4. The minimum Gasteiger partial charge on any atom is -0.388 e. The van der Waals surface area contributed by atoms with E-state index >= 15 is 0 Å². The van der Waals surface area contributed by atoms with E-state index in [4.69, 9.17) is 0 Å². The van der Waals surface area contributed by atoms with Gasteiger partial charge in [0.25, 0.3) is 0 Å². The molecule has 4 heteroatoms. The lowest BCUT2D eigenvalue weighted by Gasteiger charge is -2.33. The van der Waals surface area contributed by atoms with Gasteiger partial charge in [0.2, 0.25) is 0 Å². The van der Waals surface area contributed by atoms with Crippen molar-refractivity contribution in [3.63, 3.8) is 0 Å². The molecule has 0 aliphatic heterocycles. The van der Waals surface area contributed by atoms with Crippen LogP contribution >= 0.6 is 0 Å². The second-order valence-electron chi connectivity index (χ2n) is 6.51. The van der Waals surface area contributed by atoms with Crippen LogP contribution in [-0.4, -0.2) is 29.8 Å². The number of benzene rings is 2. The van der Waals surface area contributed by atoms with Crippen LogP contribution in [0.5, 0.6) is 0 Å². The highest BCUT2D eigenvalue weighted by Gasteiger charge is 2.32. The number of nitrogens with one attached hydrogen (secondary N) is 2. The first-order valence-electron chi connectivity index (χ1n) is 8.49. The summed E-state index contributed by atoms with van der Waals surface area (Å²) < 4.78 is 0. The van der Waals surface area contributed by atoms with Crippen molar-refractivity contribution in [2.45, 2.75) is 31.3 Å². The average Bonchev–Trinajstić information content (AvgIpc) is 2.61. The van der Waals surface area contributed by atoms with Crippen molar-refractivity contribution >= 4 is 6.03 Å². The molecule has 2 aromatic carbocycles. The number of rotatable bonds is 5. The number of carbonyl (C=O) groups is 1. The van der Waals surface area contributed by atoms with Gasteiger partial charge in [0, 0.05) is 19.5 Å². The largest absolute Gasteiger partial charge is 0.388 e. The molecule has 1 atom stereocenters. The number of amides is 2. The highest BCUT2D eigenvalue weighted by atomic mass is 16.3. The summed E-state index contributed by atoms with van der Waals surface area (Å²) in [6, 6.07) is 18.0. The summed E-state index contributed by atoms with van der Waals surface area (Å²) in [5.41, 5.74) is 2.82. The van der Waals surface area contributed by atoms with Crippen LogP contribution in [0.25, 0.3) is 0 Å². The number of carbonyl (C=O) groups excluding carboxylic acids is 1. The molecule has 0 fully saturated rings. The zero-order valence-electron chi connectivity index (χ0n) is 13.8. The van der Waals surface area contributed by atoms with Gasteiger partial charge in [-0.05, 0) is 36.0 Å². The summed E-state index contributed by atoms with van der Waals surface area (Å²) in [4.78, 5) is 11.9. The molecule has 0 bridgehead atoms. The van der Waals surface area contributed by atoms with Crippen LogP contribution in [0, 0.1) is 0 Å². The number of fused-ring (bicyclic) bond motifs is 1. The van der Waals surface area contributed by atoms with E-state index in [0.29, 0.717) is 19.4 Å². The Balaban J connectivity index is 1.43. The molecule has 3 rings (SSSR count). The van der Waals surface area contributed by atoms with Crippen LogP contribution in [0.15, 0.2) is 54.6 Å². The Morgan fingerprint density at radius 2 is 1.71 bits per heavy atom. The van der Waals surface area contributed by atoms with Gasteiger partial charge in [-0.2, -0.15) is 0 Å². The summed E-state index contributed by atoms with van der Waals surface area (Å²) in [6.07, 6.45) is 2.91. The molecule has 1 aliphatic carbocycles. The van der Waals surface area contributed by atoms with E-state index in [2.05, 4.69) is 22.8 Å². The van der Waals surface area contributed by atoms with Gasteiger partial charge in [0.05, 0.1) is 5.60 Å². The zero-order chi connectivity index (χ0) is 16.8. The van der Waals surface area contributed by atoms with Crippen LogP contribution in [-0.2, 0) is 19.3 Å². The van der Waals surface area contributed by atoms with E-state index in [9.17, 15) is 9.90 Å². The topological polar surface area (TPSA) is 61.4 Å². The Hall–Kier alpha value is -2.33. The molecule has 3 N–H and O–H groups in total. The van der Waals surface area contributed by atoms with E-state index in [0.717, 1.165) is 12.8 Å². The molecule has 24 heavy (non-hydrogen) atoms. The number of hydrogen-bond donors (Lipinski definition) is 3. The predicted molar refractivity (Wildman–Crippen MR) is 95.0 cm³/mol. The molecule has 0 aromatic heterocycles. The summed E-state index contributed by atoms with van der Waals surface area (Å²) in [5.74, 6) is 0. The second-order valence-corrected chi connectivity index (χ2v) is 6.51. The van der Waals surface area contributed by atoms with Crippen molar-refractivity contribution in [3.8, 4) is 0 Å². The number of hydrogen-bond acceptors (Lipinski definition) is 2. The van der Waals surface area contributed by atoms with E-state index in [-0.39, 0.29) is 12.6 Å². The minimum atomic E-state index is -0.856. The Morgan fingerprint density at radius 3 is 2.50 bits per heavy atom. The molecular formula is C20H24N2O2. The third-order valence-electron chi connectivity index (χ3n) is 4.62. The third kappa shape index (κ3) is 4.36. The van der Waals surface area contributed by atoms with Crippen LogP contribution < -0.4 is 10.6 Å². The Morgan fingerprint density at radius 1 is 1.00 bits per heavy atom. The van der Waals surface area contributed by atoms with Gasteiger partial charge >= 0.3 is 6.03 Å². The van der Waals surface area contributed by atoms with Crippen molar-refractivity contribution in [1.82, 2.24) is 10.6 Å². The van der Waals surface area contributed by atoms with Crippen molar-refractivity contribution in [2.75, 3.05) is 13.1 Å². The smallest absolute Gasteiger partial charge is 0.314 e. The first kappa shape index (κ1) is 16.5. The highest BCUT2D eigenvalue weighted by Crippen LogP contribution is 2.28. The zero-order valence-corrected chi connectivity index (χ0v) is 13.8. The van der Waals surface area contributed by atoms with E-state index in [1.165, 1.54) is 16.7 Å². The van der Waals surface area contributed by atoms with Gasteiger partial charge in [-0.1, -0.05) is 54.6 Å². The molecule has 4 nitrogen and oxygen atoms in total. The first-order valence-corrected chi connectivity index (χ1v) is 8.49. The lowest BCUT2D eigenvalue weighted by molar-refractivity contribution is 0.0291. The van der Waals surface area contributed by atoms with Gasteiger partial charge in [-0.15, -0.1) is 0 Å². The molecule has 2 amide bonds. The lowest BCUT2D eigenvalue weighted by Crippen LogP contribution is -2.49. The Kier molecular flexibility index (Phi) is 5.16. The quantitative estimate of drug-likeness (QED) is 0.791. The fraction of sp³-hybridized carbons (Fsp3) is 0.350. The van der Waals surface area contributed by atoms with Gasteiger partial charge < -0.3 is 15.7 Å². The molecule has 0 spiro atoms. The van der Waals surface area contributed by atoms with E-state index < -0.39 is 5.60 Å². The molecule has 1 aliphatic rings. The van der Waals surface area contributed by atoms with Gasteiger partial charge in [-0.25, -0.2) is 4.79 Å². The minimum absolute atomic E-state index is 0.224. The maximum Gasteiger partial charge on any atom is 0.314 e.